The number of piperidine rings is 1. The summed E-state index contributed by atoms with van der Waals surface area (Å²) >= 11 is 0. The molecule has 26 heavy (non-hydrogen) atoms. The lowest BCUT2D eigenvalue weighted by atomic mass is 9.92. The zero-order valence-electron chi connectivity index (χ0n) is 15.1. The summed E-state index contributed by atoms with van der Waals surface area (Å²) in [5.74, 6) is 0.396. The van der Waals surface area contributed by atoms with Crippen molar-refractivity contribution in [1.29, 1.82) is 0 Å². The first-order valence-corrected chi connectivity index (χ1v) is 8.80. The Bertz CT molecular complexity index is 658. The first kappa shape index (κ1) is 18.8. The van der Waals surface area contributed by atoms with Crippen LogP contribution in [0.25, 0.3) is 0 Å². The van der Waals surface area contributed by atoms with Gasteiger partial charge in [0, 0.05) is 31.0 Å². The van der Waals surface area contributed by atoms with Crippen LogP contribution in [0.4, 0.5) is 23.7 Å². The lowest BCUT2D eigenvalue weighted by Gasteiger charge is -2.39. The van der Waals surface area contributed by atoms with Crippen LogP contribution in [0.15, 0.2) is 18.3 Å². The second-order valence-corrected chi connectivity index (χ2v) is 8.07. The number of fused-ring (bicyclic) bond motifs is 2. The first-order valence-electron chi connectivity index (χ1n) is 8.80. The molecule has 144 valence electrons. The molecule has 1 saturated heterocycles. The van der Waals surface area contributed by atoms with Gasteiger partial charge in [0.2, 0.25) is 0 Å². The Morgan fingerprint density at radius 2 is 1.85 bits per heavy atom. The highest BCUT2D eigenvalue weighted by Crippen LogP contribution is 2.39. The molecule has 2 unspecified atom stereocenters. The smallest absolute Gasteiger partial charge is 0.433 e. The topological polar surface area (TPSA) is 54.5 Å². The number of carbonyl (C=O) groups excluding carboxylic acids is 1. The number of ether oxygens (including phenoxy) is 1. The van der Waals surface area contributed by atoms with E-state index in [-0.39, 0.29) is 17.9 Å². The van der Waals surface area contributed by atoms with Gasteiger partial charge in [0.1, 0.15) is 11.3 Å². The molecule has 8 heteroatoms. The van der Waals surface area contributed by atoms with Crippen molar-refractivity contribution in [2.75, 3.05) is 18.0 Å². The lowest BCUT2D eigenvalue weighted by Crippen LogP contribution is -2.53. The molecule has 3 rings (SSSR count). The Morgan fingerprint density at radius 1 is 1.23 bits per heavy atom. The van der Waals surface area contributed by atoms with Crippen molar-refractivity contribution >= 4 is 11.8 Å². The third kappa shape index (κ3) is 4.22. The lowest BCUT2D eigenvalue weighted by molar-refractivity contribution is -0.141. The number of alkyl carbamates (subject to hydrolysis) is 1. The summed E-state index contributed by atoms with van der Waals surface area (Å²) in [5, 5.41) is 2.96. The largest absolute Gasteiger partial charge is 0.444 e. The maximum absolute atomic E-state index is 12.9. The van der Waals surface area contributed by atoms with E-state index in [0.29, 0.717) is 18.8 Å². The number of amides is 1. The zero-order valence-corrected chi connectivity index (χ0v) is 15.1. The van der Waals surface area contributed by atoms with Crippen molar-refractivity contribution in [3.8, 4) is 0 Å². The Hall–Kier alpha value is -1.99. The molecule has 2 atom stereocenters. The van der Waals surface area contributed by atoms with Crippen LogP contribution in [-0.4, -0.2) is 35.8 Å². The van der Waals surface area contributed by atoms with E-state index in [4.69, 9.17) is 4.74 Å². The molecule has 1 aliphatic carbocycles. The minimum absolute atomic E-state index is 0.00465. The molecule has 5 nitrogen and oxygen atoms in total. The summed E-state index contributed by atoms with van der Waals surface area (Å²) in [6.07, 6.45) is -1.80. The molecule has 1 N–H and O–H groups in total. The number of rotatable bonds is 2. The average Bonchev–Trinajstić information content (AvgIpc) is 2.75. The van der Waals surface area contributed by atoms with Gasteiger partial charge in [0.15, 0.2) is 0 Å². The number of pyridine rings is 1. The van der Waals surface area contributed by atoms with Crippen LogP contribution in [0, 0.1) is 11.8 Å². The monoisotopic (exact) mass is 371 g/mol. The number of hydrogen-bond acceptors (Lipinski definition) is 4. The minimum Gasteiger partial charge on any atom is -0.444 e. The summed E-state index contributed by atoms with van der Waals surface area (Å²) in [6.45, 7) is 6.65. The van der Waals surface area contributed by atoms with Gasteiger partial charge in [-0.3, -0.25) is 4.98 Å². The highest BCUT2D eigenvalue weighted by atomic mass is 19.4. The van der Waals surface area contributed by atoms with Gasteiger partial charge in [0.25, 0.3) is 0 Å². The van der Waals surface area contributed by atoms with Crippen molar-refractivity contribution in [3.63, 3.8) is 0 Å². The first-order chi connectivity index (χ1) is 12.0. The minimum atomic E-state index is -4.45. The van der Waals surface area contributed by atoms with Crippen LogP contribution >= 0.6 is 0 Å². The molecule has 0 spiro atoms. The van der Waals surface area contributed by atoms with Crippen molar-refractivity contribution < 1.29 is 22.7 Å². The van der Waals surface area contributed by atoms with Crippen LogP contribution in [0.3, 0.4) is 0 Å². The van der Waals surface area contributed by atoms with Gasteiger partial charge in [-0.2, -0.15) is 13.2 Å². The Labute approximate surface area is 150 Å². The van der Waals surface area contributed by atoms with Crippen LogP contribution < -0.4 is 10.2 Å². The second-order valence-electron chi connectivity index (χ2n) is 8.07. The fraction of sp³-hybridized carbons (Fsp3) is 0.667. The second kappa shape index (κ2) is 6.63. The van der Waals surface area contributed by atoms with Crippen molar-refractivity contribution in [2.24, 2.45) is 11.8 Å². The molecule has 1 aliphatic heterocycles. The number of anilines is 1. The maximum Gasteiger partial charge on any atom is 0.433 e. The molecule has 2 heterocycles. The number of aromatic nitrogens is 1. The van der Waals surface area contributed by atoms with E-state index < -0.39 is 23.6 Å². The molecule has 2 fully saturated rings. The van der Waals surface area contributed by atoms with Gasteiger partial charge in [-0.1, -0.05) is 0 Å². The number of halogens is 3. The summed E-state index contributed by atoms with van der Waals surface area (Å²) in [5.41, 5.74) is -0.911. The van der Waals surface area contributed by atoms with Crippen LogP contribution in [-0.2, 0) is 10.9 Å². The SMILES string of the molecule is CC(C)(C)OC(=O)NC1C2CCC1CN(c1ccnc(C(F)(F)F)c1)C2. The number of alkyl halides is 3. The van der Waals surface area contributed by atoms with Gasteiger partial charge in [0.05, 0.1) is 0 Å². The molecule has 1 aromatic heterocycles. The molecule has 2 bridgehead atoms. The van der Waals surface area contributed by atoms with E-state index in [0.717, 1.165) is 18.9 Å². The molecule has 0 radical (unpaired) electrons. The Kier molecular flexibility index (Phi) is 4.79. The molecule has 0 aromatic carbocycles. The molecule has 2 aliphatic rings. The molecule has 1 amide bonds. The number of nitrogens with zero attached hydrogens (tertiary/aromatic N) is 2. The average molecular weight is 371 g/mol. The predicted molar refractivity (Wildman–Crippen MR) is 90.8 cm³/mol. The van der Waals surface area contributed by atoms with Gasteiger partial charge in [-0.15, -0.1) is 0 Å². The standard InChI is InChI=1S/C18H24F3N3O2/c1-17(2,3)26-16(25)23-15-11-4-5-12(15)10-24(9-11)13-6-7-22-14(8-13)18(19,20)21/h6-8,11-12,15H,4-5,9-10H2,1-3H3,(H,23,25). The molecule has 1 saturated carbocycles. The van der Waals surface area contributed by atoms with Crippen LogP contribution in [0.5, 0.6) is 0 Å². The van der Waals surface area contributed by atoms with E-state index in [2.05, 4.69) is 10.3 Å². The van der Waals surface area contributed by atoms with Gasteiger partial charge < -0.3 is 15.0 Å². The summed E-state index contributed by atoms with van der Waals surface area (Å²) in [7, 11) is 0. The number of hydrogen-bond donors (Lipinski definition) is 1. The predicted octanol–water partition coefficient (Wildman–Crippen LogP) is 3.84. The normalized spacial score (nSPS) is 25.9. The maximum atomic E-state index is 12.9. The third-order valence-electron chi connectivity index (χ3n) is 4.92. The number of carbonyl (C=O) groups is 1. The Balaban J connectivity index is 1.68. The summed E-state index contributed by atoms with van der Waals surface area (Å²) in [4.78, 5) is 17.5. The van der Waals surface area contributed by atoms with Crippen molar-refractivity contribution in [3.05, 3.63) is 24.0 Å². The van der Waals surface area contributed by atoms with Gasteiger partial charge in [-0.25, -0.2) is 4.79 Å². The molecule has 1 aromatic rings. The zero-order chi connectivity index (χ0) is 19.1. The molecular weight excluding hydrogens is 347 g/mol. The van der Waals surface area contributed by atoms with E-state index in [1.54, 1.807) is 6.07 Å². The van der Waals surface area contributed by atoms with Crippen molar-refractivity contribution in [1.82, 2.24) is 10.3 Å². The van der Waals surface area contributed by atoms with Crippen LogP contribution in [0.2, 0.25) is 0 Å². The number of nitrogens with one attached hydrogen (secondary N) is 1. The quantitative estimate of drug-likeness (QED) is 0.858. The van der Waals surface area contributed by atoms with E-state index in [9.17, 15) is 18.0 Å². The van der Waals surface area contributed by atoms with Gasteiger partial charge >= 0.3 is 12.3 Å². The Morgan fingerprint density at radius 3 is 2.38 bits per heavy atom. The fourth-order valence-corrected chi connectivity index (χ4v) is 3.88. The van der Waals surface area contributed by atoms with E-state index in [1.165, 1.54) is 6.20 Å². The summed E-state index contributed by atoms with van der Waals surface area (Å²) in [6, 6.07) is 2.71. The van der Waals surface area contributed by atoms with Gasteiger partial charge in [-0.05, 0) is 57.6 Å². The summed E-state index contributed by atoms with van der Waals surface area (Å²) < 4.78 is 44.0. The van der Waals surface area contributed by atoms with E-state index in [1.807, 2.05) is 25.7 Å². The molecular formula is C18H24F3N3O2. The third-order valence-corrected chi connectivity index (χ3v) is 4.92. The van der Waals surface area contributed by atoms with E-state index >= 15 is 0 Å². The fourth-order valence-electron chi connectivity index (χ4n) is 3.88. The highest BCUT2D eigenvalue weighted by molar-refractivity contribution is 5.68. The van der Waals surface area contributed by atoms with Crippen LogP contribution in [0.1, 0.15) is 39.3 Å². The van der Waals surface area contributed by atoms with Crippen molar-refractivity contribution in [2.45, 2.75) is 51.4 Å². The highest BCUT2D eigenvalue weighted by Gasteiger charge is 2.43.